The fourth-order valence-corrected chi connectivity index (χ4v) is 2.75. The topological polar surface area (TPSA) is 84.7 Å². The Morgan fingerprint density at radius 3 is 2.56 bits per heavy atom. The van der Waals surface area contributed by atoms with E-state index in [1.165, 1.54) is 5.56 Å². The molecule has 3 rings (SSSR count). The average Bonchev–Trinajstić information content (AvgIpc) is 3.11. The molecule has 140 valence electrons. The predicted octanol–water partition coefficient (Wildman–Crippen LogP) is 2.67. The van der Waals surface area contributed by atoms with Crippen LogP contribution in [0.5, 0.6) is 0 Å². The van der Waals surface area contributed by atoms with Gasteiger partial charge in [0.2, 0.25) is 0 Å². The van der Waals surface area contributed by atoms with Crippen molar-refractivity contribution in [2.45, 2.75) is 19.8 Å². The molecule has 0 unspecified atom stereocenters. The SMILES string of the molecule is CCNc1ccc(-c2ccc(C(=O)NCCCc3cnn(C)c3)cc2)nn1. The zero-order valence-corrected chi connectivity index (χ0v) is 15.6. The van der Waals surface area contributed by atoms with Crippen molar-refractivity contribution in [1.29, 1.82) is 0 Å². The second-order valence-corrected chi connectivity index (χ2v) is 6.29. The van der Waals surface area contributed by atoms with Crippen LogP contribution in [0.2, 0.25) is 0 Å². The number of nitrogens with zero attached hydrogens (tertiary/aromatic N) is 4. The van der Waals surface area contributed by atoms with E-state index in [2.05, 4.69) is 25.9 Å². The summed E-state index contributed by atoms with van der Waals surface area (Å²) in [5.74, 6) is 0.685. The highest BCUT2D eigenvalue weighted by atomic mass is 16.1. The molecule has 0 aliphatic rings. The van der Waals surface area contributed by atoms with Gasteiger partial charge in [-0.2, -0.15) is 5.10 Å². The third-order valence-corrected chi connectivity index (χ3v) is 4.15. The molecule has 2 heterocycles. The Bertz CT molecular complexity index is 870. The van der Waals surface area contributed by atoms with Crippen LogP contribution in [0.15, 0.2) is 48.8 Å². The molecule has 2 aromatic heterocycles. The Kier molecular flexibility index (Phi) is 6.14. The van der Waals surface area contributed by atoms with Crippen LogP contribution in [-0.4, -0.2) is 39.0 Å². The molecule has 0 radical (unpaired) electrons. The number of nitrogens with one attached hydrogen (secondary N) is 2. The molecule has 7 heteroatoms. The molecule has 0 spiro atoms. The van der Waals surface area contributed by atoms with Crippen LogP contribution >= 0.6 is 0 Å². The third kappa shape index (κ3) is 5.13. The number of carbonyl (C=O) groups excluding carboxylic acids is 1. The van der Waals surface area contributed by atoms with Crippen LogP contribution in [0.1, 0.15) is 29.3 Å². The van der Waals surface area contributed by atoms with Crippen LogP contribution < -0.4 is 10.6 Å². The van der Waals surface area contributed by atoms with E-state index >= 15 is 0 Å². The van der Waals surface area contributed by atoms with Crippen LogP contribution in [0.25, 0.3) is 11.3 Å². The van der Waals surface area contributed by atoms with E-state index in [-0.39, 0.29) is 5.91 Å². The number of aromatic nitrogens is 4. The standard InChI is InChI=1S/C20H24N6O/c1-3-21-19-11-10-18(24-25-19)16-6-8-17(9-7-16)20(27)22-12-4-5-15-13-23-26(2)14-15/h6-11,13-14H,3-5,12H2,1-2H3,(H,21,25)(H,22,27). The fourth-order valence-electron chi connectivity index (χ4n) is 2.75. The van der Waals surface area contributed by atoms with Crippen molar-refractivity contribution in [3.63, 3.8) is 0 Å². The van der Waals surface area contributed by atoms with Crippen LogP contribution in [0.4, 0.5) is 5.82 Å². The average molecular weight is 364 g/mol. The molecule has 3 aromatic rings. The maximum atomic E-state index is 12.3. The molecule has 0 saturated carbocycles. The first-order valence-corrected chi connectivity index (χ1v) is 9.09. The molecule has 0 bridgehead atoms. The number of benzene rings is 1. The molecule has 0 aliphatic carbocycles. The van der Waals surface area contributed by atoms with E-state index in [1.54, 1.807) is 4.68 Å². The molecule has 1 amide bonds. The third-order valence-electron chi connectivity index (χ3n) is 4.15. The molecule has 2 N–H and O–H groups in total. The summed E-state index contributed by atoms with van der Waals surface area (Å²) in [5, 5.41) is 18.6. The van der Waals surface area contributed by atoms with Gasteiger partial charge < -0.3 is 10.6 Å². The number of carbonyl (C=O) groups is 1. The number of amides is 1. The zero-order valence-electron chi connectivity index (χ0n) is 15.6. The van der Waals surface area contributed by atoms with Gasteiger partial charge in [-0.1, -0.05) is 12.1 Å². The van der Waals surface area contributed by atoms with Gasteiger partial charge in [0.1, 0.15) is 5.82 Å². The van der Waals surface area contributed by atoms with Crippen molar-refractivity contribution in [3.05, 3.63) is 59.9 Å². The number of aryl methyl sites for hydroxylation is 2. The number of anilines is 1. The number of hydrogen-bond donors (Lipinski definition) is 2. The molecule has 0 atom stereocenters. The number of hydrogen-bond acceptors (Lipinski definition) is 5. The van der Waals surface area contributed by atoms with Gasteiger partial charge in [-0.25, -0.2) is 0 Å². The number of rotatable bonds is 8. The van der Waals surface area contributed by atoms with Crippen LogP contribution in [0.3, 0.4) is 0 Å². The Hall–Kier alpha value is -3.22. The minimum absolute atomic E-state index is 0.0682. The van der Waals surface area contributed by atoms with Gasteiger partial charge in [-0.3, -0.25) is 9.48 Å². The summed E-state index contributed by atoms with van der Waals surface area (Å²) in [6, 6.07) is 11.2. The summed E-state index contributed by atoms with van der Waals surface area (Å²) in [6.45, 7) is 3.45. The summed E-state index contributed by atoms with van der Waals surface area (Å²) in [6.07, 6.45) is 5.63. The molecular weight excluding hydrogens is 340 g/mol. The first-order valence-electron chi connectivity index (χ1n) is 9.09. The van der Waals surface area contributed by atoms with Gasteiger partial charge in [0.05, 0.1) is 11.9 Å². The van der Waals surface area contributed by atoms with Gasteiger partial charge in [-0.05, 0) is 49.6 Å². The van der Waals surface area contributed by atoms with E-state index in [9.17, 15) is 4.79 Å². The highest BCUT2D eigenvalue weighted by Crippen LogP contribution is 2.18. The van der Waals surface area contributed by atoms with E-state index in [1.807, 2.05) is 62.8 Å². The van der Waals surface area contributed by atoms with Gasteiger partial charge in [-0.15, -0.1) is 10.2 Å². The summed E-state index contributed by atoms with van der Waals surface area (Å²) >= 11 is 0. The van der Waals surface area contributed by atoms with Crippen molar-refractivity contribution in [3.8, 4) is 11.3 Å². The zero-order chi connectivity index (χ0) is 19.1. The molecular formula is C20H24N6O. The summed E-state index contributed by atoms with van der Waals surface area (Å²) in [5.41, 5.74) is 3.52. The van der Waals surface area contributed by atoms with E-state index in [0.29, 0.717) is 12.1 Å². The Morgan fingerprint density at radius 1 is 1.11 bits per heavy atom. The second-order valence-electron chi connectivity index (χ2n) is 6.29. The van der Waals surface area contributed by atoms with E-state index in [4.69, 9.17) is 0 Å². The molecule has 1 aromatic carbocycles. The Morgan fingerprint density at radius 2 is 1.93 bits per heavy atom. The van der Waals surface area contributed by atoms with Crippen LogP contribution in [-0.2, 0) is 13.5 Å². The van der Waals surface area contributed by atoms with Crippen molar-refractivity contribution >= 4 is 11.7 Å². The minimum atomic E-state index is -0.0682. The van der Waals surface area contributed by atoms with E-state index < -0.39 is 0 Å². The van der Waals surface area contributed by atoms with Gasteiger partial charge in [0.25, 0.3) is 5.91 Å². The largest absolute Gasteiger partial charge is 0.369 e. The quantitative estimate of drug-likeness (QED) is 0.600. The minimum Gasteiger partial charge on any atom is -0.369 e. The van der Waals surface area contributed by atoms with Gasteiger partial charge >= 0.3 is 0 Å². The van der Waals surface area contributed by atoms with Crippen molar-refractivity contribution < 1.29 is 4.79 Å². The van der Waals surface area contributed by atoms with E-state index in [0.717, 1.165) is 36.5 Å². The van der Waals surface area contributed by atoms with Crippen molar-refractivity contribution in [1.82, 2.24) is 25.3 Å². The highest BCUT2D eigenvalue weighted by Gasteiger charge is 2.07. The fraction of sp³-hybridized carbons (Fsp3) is 0.300. The summed E-state index contributed by atoms with van der Waals surface area (Å²) in [7, 11) is 1.90. The Labute approximate surface area is 158 Å². The monoisotopic (exact) mass is 364 g/mol. The predicted molar refractivity (Wildman–Crippen MR) is 105 cm³/mol. The summed E-state index contributed by atoms with van der Waals surface area (Å²) in [4.78, 5) is 12.3. The lowest BCUT2D eigenvalue weighted by Crippen LogP contribution is -2.24. The normalized spacial score (nSPS) is 10.6. The lowest BCUT2D eigenvalue weighted by molar-refractivity contribution is 0.0953. The lowest BCUT2D eigenvalue weighted by atomic mass is 10.1. The molecule has 0 fully saturated rings. The summed E-state index contributed by atoms with van der Waals surface area (Å²) < 4.78 is 1.79. The maximum absolute atomic E-state index is 12.3. The Balaban J connectivity index is 1.50. The lowest BCUT2D eigenvalue weighted by Gasteiger charge is -2.06. The molecule has 27 heavy (non-hydrogen) atoms. The first-order chi connectivity index (χ1) is 13.2. The first kappa shape index (κ1) is 18.6. The van der Waals surface area contributed by atoms with Crippen LogP contribution in [0, 0.1) is 0 Å². The van der Waals surface area contributed by atoms with Crippen molar-refractivity contribution in [2.24, 2.45) is 7.05 Å². The maximum Gasteiger partial charge on any atom is 0.251 e. The smallest absolute Gasteiger partial charge is 0.251 e. The van der Waals surface area contributed by atoms with Crippen molar-refractivity contribution in [2.75, 3.05) is 18.4 Å². The highest BCUT2D eigenvalue weighted by molar-refractivity contribution is 5.94. The molecule has 7 nitrogen and oxygen atoms in total. The molecule has 0 saturated heterocycles. The molecule has 0 aliphatic heterocycles. The second kappa shape index (κ2) is 8.93. The van der Waals surface area contributed by atoms with Gasteiger partial charge in [0, 0.05) is 37.5 Å². The van der Waals surface area contributed by atoms with Gasteiger partial charge in [0.15, 0.2) is 0 Å².